The highest BCUT2D eigenvalue weighted by Gasteiger charge is 2.41. The van der Waals surface area contributed by atoms with Gasteiger partial charge in [-0.2, -0.15) is 10.2 Å². The Morgan fingerprint density at radius 1 is 1.09 bits per heavy atom. The Morgan fingerprint density at radius 2 is 1.77 bits per heavy atom. The van der Waals surface area contributed by atoms with Gasteiger partial charge in [0.25, 0.3) is 0 Å². The molecule has 3 aromatic rings. The molecule has 1 aliphatic heterocycles. The van der Waals surface area contributed by atoms with Gasteiger partial charge in [-0.1, -0.05) is 47.5 Å². The summed E-state index contributed by atoms with van der Waals surface area (Å²) in [6.45, 7) is 14.4. The third kappa shape index (κ3) is 4.40. The second kappa shape index (κ2) is 9.79. The summed E-state index contributed by atoms with van der Waals surface area (Å²) >= 11 is 0. The van der Waals surface area contributed by atoms with Gasteiger partial charge < -0.3 is 9.84 Å². The quantitative estimate of drug-likeness (QED) is 0.321. The van der Waals surface area contributed by atoms with Crippen LogP contribution in [0, 0.1) is 17.3 Å². The van der Waals surface area contributed by atoms with Crippen molar-refractivity contribution in [2.75, 3.05) is 6.61 Å². The SMILES string of the molecule is CC(C)[Si](C#Cc1nn(C2CCCCO2)c2cc(F)c(-c3cnn(C)c3O)cc12)(C(C)C)C(C)C. The molecule has 1 aromatic carbocycles. The zero-order chi connectivity index (χ0) is 25.5. The molecule has 0 radical (unpaired) electrons. The number of aryl methyl sites for hydroxylation is 1. The average Bonchev–Trinajstić information content (AvgIpc) is 3.33. The van der Waals surface area contributed by atoms with Crippen molar-refractivity contribution in [1.82, 2.24) is 19.6 Å². The molecule has 0 amide bonds. The van der Waals surface area contributed by atoms with E-state index >= 15 is 4.39 Å². The Balaban J connectivity index is 1.95. The van der Waals surface area contributed by atoms with E-state index in [0.717, 1.165) is 24.6 Å². The molecule has 6 nitrogen and oxygen atoms in total. The van der Waals surface area contributed by atoms with Crippen LogP contribution in [0.15, 0.2) is 18.3 Å². The normalized spacial score (nSPS) is 16.9. The van der Waals surface area contributed by atoms with Gasteiger partial charge in [0.1, 0.15) is 19.6 Å². The summed E-state index contributed by atoms with van der Waals surface area (Å²) in [5.41, 5.74) is 7.17. The van der Waals surface area contributed by atoms with Gasteiger partial charge >= 0.3 is 0 Å². The lowest BCUT2D eigenvalue weighted by atomic mass is 10.0. The van der Waals surface area contributed by atoms with Crippen LogP contribution in [0.4, 0.5) is 4.39 Å². The maximum atomic E-state index is 15.4. The molecule has 0 bridgehead atoms. The monoisotopic (exact) mass is 496 g/mol. The first-order valence-electron chi connectivity index (χ1n) is 12.7. The van der Waals surface area contributed by atoms with Crippen molar-refractivity contribution in [3.8, 4) is 28.5 Å². The van der Waals surface area contributed by atoms with Gasteiger partial charge in [-0.15, -0.1) is 5.54 Å². The molecular weight excluding hydrogens is 459 g/mol. The van der Waals surface area contributed by atoms with Crippen LogP contribution in [0.2, 0.25) is 16.6 Å². The lowest BCUT2D eigenvalue weighted by Gasteiger charge is -2.38. The lowest BCUT2D eigenvalue weighted by molar-refractivity contribution is -0.0367. The van der Waals surface area contributed by atoms with Crippen molar-refractivity contribution in [3.63, 3.8) is 0 Å². The first-order chi connectivity index (χ1) is 16.6. The average molecular weight is 497 g/mol. The van der Waals surface area contributed by atoms with Crippen LogP contribution in [0.25, 0.3) is 22.0 Å². The van der Waals surface area contributed by atoms with E-state index in [-0.39, 0.29) is 17.7 Å². The Hall–Kier alpha value is -2.63. The zero-order valence-corrected chi connectivity index (χ0v) is 22.9. The third-order valence-electron chi connectivity index (χ3n) is 7.68. The number of hydrogen-bond donors (Lipinski definition) is 1. The molecule has 188 valence electrons. The molecule has 0 saturated carbocycles. The molecule has 1 saturated heterocycles. The fourth-order valence-corrected chi connectivity index (χ4v) is 11.0. The van der Waals surface area contributed by atoms with E-state index in [2.05, 4.69) is 58.1 Å². The number of aromatic nitrogens is 4. The van der Waals surface area contributed by atoms with Crippen LogP contribution in [0.1, 0.15) is 72.7 Å². The van der Waals surface area contributed by atoms with E-state index in [1.807, 2.05) is 0 Å². The molecule has 35 heavy (non-hydrogen) atoms. The largest absolute Gasteiger partial charge is 0.493 e. The Morgan fingerprint density at radius 3 is 2.31 bits per heavy atom. The van der Waals surface area contributed by atoms with Gasteiger partial charge in [0.15, 0.2) is 6.23 Å². The summed E-state index contributed by atoms with van der Waals surface area (Å²) in [4.78, 5) is 0. The Kier molecular flexibility index (Phi) is 7.12. The summed E-state index contributed by atoms with van der Waals surface area (Å²) in [5, 5.41) is 20.2. The van der Waals surface area contributed by atoms with Crippen LogP contribution in [0.5, 0.6) is 5.88 Å². The summed E-state index contributed by atoms with van der Waals surface area (Å²) in [7, 11) is -0.367. The molecule has 1 aliphatic rings. The molecule has 8 heteroatoms. The van der Waals surface area contributed by atoms with Crippen molar-refractivity contribution >= 4 is 19.0 Å². The van der Waals surface area contributed by atoms with Crippen molar-refractivity contribution < 1.29 is 14.2 Å². The maximum absolute atomic E-state index is 15.4. The Labute approximate surface area is 208 Å². The van der Waals surface area contributed by atoms with Gasteiger partial charge in [-0.25, -0.2) is 13.8 Å². The van der Waals surface area contributed by atoms with E-state index < -0.39 is 13.9 Å². The second-order valence-corrected chi connectivity index (χ2v) is 16.2. The van der Waals surface area contributed by atoms with E-state index in [0.29, 0.717) is 40.0 Å². The summed E-state index contributed by atoms with van der Waals surface area (Å²) in [6.07, 6.45) is 4.14. The highest BCUT2D eigenvalue weighted by Crippen LogP contribution is 2.41. The highest BCUT2D eigenvalue weighted by molar-refractivity contribution is 6.90. The number of hydrogen-bond acceptors (Lipinski definition) is 4. The van der Waals surface area contributed by atoms with E-state index in [1.165, 1.54) is 16.9 Å². The zero-order valence-electron chi connectivity index (χ0n) is 21.9. The smallest absolute Gasteiger partial charge is 0.217 e. The number of benzene rings is 1. The highest BCUT2D eigenvalue weighted by atomic mass is 28.3. The Bertz CT molecular complexity index is 1250. The van der Waals surface area contributed by atoms with Gasteiger partial charge in [0.2, 0.25) is 5.88 Å². The summed E-state index contributed by atoms with van der Waals surface area (Å²) in [6, 6.07) is 3.24. The van der Waals surface area contributed by atoms with Crippen molar-refractivity contribution in [3.05, 3.63) is 29.8 Å². The maximum Gasteiger partial charge on any atom is 0.217 e. The molecule has 2 aromatic heterocycles. The topological polar surface area (TPSA) is 65.1 Å². The second-order valence-electron chi connectivity index (χ2n) is 10.6. The van der Waals surface area contributed by atoms with Crippen molar-refractivity contribution in [1.29, 1.82) is 0 Å². The molecule has 1 unspecified atom stereocenters. The number of rotatable bonds is 5. The lowest BCUT2D eigenvalue weighted by Crippen LogP contribution is -2.43. The molecule has 4 rings (SSSR count). The van der Waals surface area contributed by atoms with E-state index in [4.69, 9.17) is 9.84 Å². The third-order valence-corrected chi connectivity index (χ3v) is 14.0. The summed E-state index contributed by atoms with van der Waals surface area (Å²) in [5.74, 6) is 2.95. The molecule has 1 atom stereocenters. The molecule has 1 fully saturated rings. The fraction of sp³-hybridized carbons (Fsp3) is 0.556. The van der Waals surface area contributed by atoms with Crippen LogP contribution < -0.4 is 0 Å². The fourth-order valence-electron chi connectivity index (χ4n) is 5.81. The number of aromatic hydroxyl groups is 1. The first kappa shape index (κ1) is 25.5. The van der Waals surface area contributed by atoms with Gasteiger partial charge in [-0.3, -0.25) is 0 Å². The minimum atomic E-state index is -1.99. The number of ether oxygens (including phenoxy) is 1. The van der Waals surface area contributed by atoms with Crippen LogP contribution in [0.3, 0.4) is 0 Å². The molecule has 3 heterocycles. The van der Waals surface area contributed by atoms with E-state index in [9.17, 15) is 5.11 Å². The molecule has 0 spiro atoms. The van der Waals surface area contributed by atoms with Crippen molar-refractivity contribution in [2.45, 2.75) is 83.7 Å². The van der Waals surface area contributed by atoms with Crippen molar-refractivity contribution in [2.24, 2.45) is 7.05 Å². The number of fused-ring (bicyclic) bond motifs is 1. The number of nitrogens with zero attached hydrogens (tertiary/aromatic N) is 4. The van der Waals surface area contributed by atoms with Crippen LogP contribution in [-0.2, 0) is 11.8 Å². The minimum Gasteiger partial charge on any atom is -0.493 e. The predicted octanol–water partition coefficient (Wildman–Crippen LogP) is 6.55. The predicted molar refractivity (Wildman–Crippen MR) is 140 cm³/mol. The van der Waals surface area contributed by atoms with Gasteiger partial charge in [0.05, 0.1) is 17.3 Å². The standard InChI is InChI=1S/C27H37FN4O2Si/c1-17(2)35(18(3)4,19(5)6)13-11-24-21-14-20(22-16-29-31(7)27(22)33)23(28)15-25(21)32(30-24)26-10-8-9-12-34-26/h14-19,26,33H,8-10,12H2,1-7H3. The molecule has 1 N–H and O–H groups in total. The number of halogens is 1. The van der Waals surface area contributed by atoms with E-state index in [1.54, 1.807) is 17.8 Å². The first-order valence-corrected chi connectivity index (χ1v) is 14.9. The minimum absolute atomic E-state index is 0.0789. The van der Waals surface area contributed by atoms with Crippen LogP contribution in [-0.4, -0.2) is 39.3 Å². The molecule has 0 aliphatic carbocycles. The molecular formula is C27H37FN4O2Si. The van der Waals surface area contributed by atoms with Gasteiger partial charge in [0, 0.05) is 30.7 Å². The van der Waals surface area contributed by atoms with Crippen LogP contribution >= 0.6 is 0 Å². The summed E-state index contributed by atoms with van der Waals surface area (Å²) < 4.78 is 24.5. The van der Waals surface area contributed by atoms with Gasteiger partial charge in [-0.05, 0) is 42.0 Å².